The number of ether oxygens (including phenoxy) is 1. The summed E-state index contributed by atoms with van der Waals surface area (Å²) in [6.07, 6.45) is 4.42. The number of amides is 1. The highest BCUT2D eigenvalue weighted by atomic mass is 19.1. The Morgan fingerprint density at radius 2 is 1.92 bits per heavy atom. The molecule has 0 radical (unpaired) electrons. The first kappa shape index (κ1) is 33.6. The summed E-state index contributed by atoms with van der Waals surface area (Å²) in [6, 6.07) is 8.72. The van der Waals surface area contributed by atoms with Crippen molar-refractivity contribution in [1.82, 2.24) is 30.0 Å². The van der Waals surface area contributed by atoms with Crippen LogP contribution in [0.15, 0.2) is 30.3 Å². The number of carbonyl (C=O) groups excluding carboxylic acids is 1. The van der Waals surface area contributed by atoms with Crippen LogP contribution in [-0.2, 0) is 32.5 Å². The molecular weight excluding hydrogens is 654 g/mol. The third kappa shape index (κ3) is 6.23. The fourth-order valence-corrected chi connectivity index (χ4v) is 8.80. The summed E-state index contributed by atoms with van der Waals surface area (Å²) in [6.45, 7) is 9.01. The average Bonchev–Trinajstić information content (AvgIpc) is 3.78. The van der Waals surface area contributed by atoms with Gasteiger partial charge in [-0.2, -0.15) is 15.1 Å². The molecule has 4 aromatic rings. The molecule has 2 aromatic heterocycles. The van der Waals surface area contributed by atoms with E-state index in [1.54, 1.807) is 18.2 Å². The van der Waals surface area contributed by atoms with Gasteiger partial charge in [0, 0.05) is 61.8 Å². The van der Waals surface area contributed by atoms with Crippen LogP contribution in [0.3, 0.4) is 0 Å². The van der Waals surface area contributed by atoms with Gasteiger partial charge in [0.25, 0.3) is 5.91 Å². The molecule has 0 saturated carbocycles. The van der Waals surface area contributed by atoms with Crippen molar-refractivity contribution < 1.29 is 23.4 Å². The van der Waals surface area contributed by atoms with Crippen molar-refractivity contribution in [2.75, 3.05) is 49.1 Å². The highest BCUT2D eigenvalue weighted by Gasteiger charge is 2.49. The topological polar surface area (TPSA) is 112 Å². The smallest absolute Gasteiger partial charge is 0.318 e. The molecule has 51 heavy (non-hydrogen) atoms. The second-order valence-electron chi connectivity index (χ2n) is 14.5. The molecule has 2 atom stereocenters. The zero-order valence-corrected chi connectivity index (χ0v) is 29.4. The van der Waals surface area contributed by atoms with Crippen LogP contribution in [0.4, 0.5) is 20.3 Å². The zero-order valence-electron chi connectivity index (χ0n) is 29.4. The van der Waals surface area contributed by atoms with Gasteiger partial charge in [-0.15, -0.1) is 0 Å². The molecule has 2 N–H and O–H groups in total. The maximum Gasteiger partial charge on any atom is 0.318 e. The first-order valence-corrected chi connectivity index (χ1v) is 18.5. The van der Waals surface area contributed by atoms with Crippen LogP contribution < -0.4 is 19.9 Å². The summed E-state index contributed by atoms with van der Waals surface area (Å²) in [5, 5.41) is 19.8. The predicted octanol–water partition coefficient (Wildman–Crippen LogP) is 5.30. The number of phenols is 1. The van der Waals surface area contributed by atoms with Crippen LogP contribution >= 0.6 is 0 Å². The number of hydrogen-bond donors (Lipinski definition) is 2. The molecule has 4 aliphatic heterocycles. The lowest BCUT2D eigenvalue weighted by molar-refractivity contribution is 0.0950. The fourth-order valence-electron chi connectivity index (χ4n) is 8.80. The molecule has 0 aliphatic carbocycles. The third-order valence-corrected chi connectivity index (χ3v) is 11.2. The second kappa shape index (κ2) is 13.6. The largest absolute Gasteiger partial charge is 0.508 e. The molecule has 11 nitrogen and oxygen atoms in total. The van der Waals surface area contributed by atoms with Gasteiger partial charge in [-0.3, -0.25) is 14.4 Å². The lowest BCUT2D eigenvalue weighted by Gasteiger charge is -2.35. The number of benzene rings is 2. The molecule has 2 fully saturated rings. The molecule has 2 aromatic carbocycles. The number of aromatic hydroxyl groups is 1. The SMILES string of the molecule is CCNC(=O)c1cc2n(n1)CCCCN(c1nc(OC[C@@]34CCCN3C[C@H](F)C4)nc3c1CCN(c1cc(O)cc4ccc(F)c(CC)c14)C3)C2. The van der Waals surface area contributed by atoms with E-state index in [1.165, 1.54) is 6.07 Å². The molecule has 270 valence electrons. The molecule has 2 saturated heterocycles. The number of aromatic nitrogens is 4. The molecule has 4 aliphatic rings. The van der Waals surface area contributed by atoms with Gasteiger partial charge in [0.15, 0.2) is 5.69 Å². The van der Waals surface area contributed by atoms with Gasteiger partial charge < -0.3 is 25.0 Å². The average molecular weight is 701 g/mol. The number of alkyl halides is 1. The van der Waals surface area contributed by atoms with Gasteiger partial charge in [0.05, 0.1) is 30.0 Å². The highest BCUT2D eigenvalue weighted by Crippen LogP contribution is 2.42. The molecule has 8 rings (SSSR count). The van der Waals surface area contributed by atoms with Crippen molar-refractivity contribution in [1.29, 1.82) is 0 Å². The van der Waals surface area contributed by atoms with Crippen molar-refractivity contribution >= 4 is 28.2 Å². The number of nitrogens with one attached hydrogen (secondary N) is 1. The van der Waals surface area contributed by atoms with E-state index < -0.39 is 6.17 Å². The number of nitrogens with zero attached hydrogens (tertiary/aromatic N) is 7. The van der Waals surface area contributed by atoms with E-state index in [1.807, 2.05) is 24.6 Å². The monoisotopic (exact) mass is 700 g/mol. The minimum absolute atomic E-state index is 0.122. The summed E-state index contributed by atoms with van der Waals surface area (Å²) in [5.41, 5.74) is 4.20. The molecule has 1 amide bonds. The normalized spacial score (nSPS) is 22.0. The van der Waals surface area contributed by atoms with Crippen molar-refractivity contribution in [3.63, 3.8) is 0 Å². The molecular formula is C38H46F2N8O3. The Kier molecular flexibility index (Phi) is 8.93. The Bertz CT molecular complexity index is 1970. The highest BCUT2D eigenvalue weighted by molar-refractivity contribution is 5.98. The fraction of sp³-hybridized carbons (Fsp3) is 0.526. The van der Waals surface area contributed by atoms with Crippen LogP contribution in [0.5, 0.6) is 11.8 Å². The third-order valence-electron chi connectivity index (χ3n) is 11.2. The number of aryl methyl sites for hydroxylation is 2. The lowest BCUT2D eigenvalue weighted by atomic mass is 9.95. The van der Waals surface area contributed by atoms with Crippen LogP contribution in [0.2, 0.25) is 0 Å². The van der Waals surface area contributed by atoms with Crippen molar-refractivity contribution in [2.45, 2.75) is 90.1 Å². The summed E-state index contributed by atoms with van der Waals surface area (Å²) >= 11 is 0. The maximum atomic E-state index is 15.1. The number of carbonyl (C=O) groups is 1. The van der Waals surface area contributed by atoms with Gasteiger partial charge in [0.1, 0.15) is 30.2 Å². The van der Waals surface area contributed by atoms with Gasteiger partial charge in [-0.25, -0.2) is 8.78 Å². The Labute approximate surface area is 296 Å². The van der Waals surface area contributed by atoms with Gasteiger partial charge in [0.2, 0.25) is 0 Å². The Hall–Kier alpha value is -4.52. The summed E-state index contributed by atoms with van der Waals surface area (Å²) in [5.74, 6) is 0.466. The second-order valence-corrected chi connectivity index (χ2v) is 14.5. The predicted molar refractivity (Wildman–Crippen MR) is 191 cm³/mol. The van der Waals surface area contributed by atoms with E-state index in [2.05, 4.69) is 25.1 Å². The first-order chi connectivity index (χ1) is 24.7. The number of hydrogen-bond acceptors (Lipinski definition) is 9. The minimum Gasteiger partial charge on any atom is -0.508 e. The molecule has 0 spiro atoms. The minimum atomic E-state index is -0.868. The van der Waals surface area contributed by atoms with E-state index >= 15 is 4.39 Å². The number of fused-ring (bicyclic) bond motifs is 4. The molecule has 13 heteroatoms. The Morgan fingerprint density at radius 1 is 1.06 bits per heavy atom. The standard InChI is InChI=1S/C38H46F2N8O3/c1-3-28-30(40)9-8-24-16-27(49)18-33(34(24)28)45-15-10-29-32(22-45)42-37(51-23-38-11-7-13-47(38)20-25(39)19-38)43-35(29)46-12-5-6-14-48-26(21-46)17-31(44-48)36(50)41-4-2/h8-9,16-18,25,49H,3-7,10-15,19-23H2,1-2H3,(H,41,50)/t25-,38+/m1/s1. The summed E-state index contributed by atoms with van der Waals surface area (Å²) < 4.78 is 38.2. The van der Waals surface area contributed by atoms with E-state index in [0.717, 1.165) is 84.5 Å². The van der Waals surface area contributed by atoms with E-state index in [-0.39, 0.29) is 29.0 Å². The van der Waals surface area contributed by atoms with Crippen molar-refractivity contribution in [3.8, 4) is 11.8 Å². The molecule has 6 heterocycles. The van der Waals surface area contributed by atoms with E-state index in [9.17, 15) is 14.3 Å². The number of rotatable bonds is 8. The van der Waals surface area contributed by atoms with Crippen molar-refractivity contribution in [3.05, 3.63) is 64.4 Å². The van der Waals surface area contributed by atoms with Crippen molar-refractivity contribution in [2.24, 2.45) is 0 Å². The summed E-state index contributed by atoms with van der Waals surface area (Å²) in [4.78, 5) is 29.4. The Balaban J connectivity index is 1.18. The quantitative estimate of drug-likeness (QED) is 0.253. The van der Waals surface area contributed by atoms with Crippen LogP contribution in [-0.4, -0.2) is 86.7 Å². The van der Waals surface area contributed by atoms with Crippen LogP contribution in [0.25, 0.3) is 10.8 Å². The number of anilines is 2. The first-order valence-electron chi connectivity index (χ1n) is 18.5. The van der Waals surface area contributed by atoms with Crippen LogP contribution in [0.1, 0.15) is 79.0 Å². The summed E-state index contributed by atoms with van der Waals surface area (Å²) in [7, 11) is 0. The van der Waals surface area contributed by atoms with Gasteiger partial charge >= 0.3 is 6.01 Å². The lowest BCUT2D eigenvalue weighted by Crippen LogP contribution is -2.43. The van der Waals surface area contributed by atoms with Gasteiger partial charge in [-0.1, -0.05) is 13.0 Å². The Morgan fingerprint density at radius 3 is 2.76 bits per heavy atom. The van der Waals surface area contributed by atoms with Crippen LogP contribution in [0, 0.1) is 5.82 Å². The van der Waals surface area contributed by atoms with Gasteiger partial charge in [-0.05, 0) is 81.1 Å². The van der Waals surface area contributed by atoms with E-state index in [4.69, 9.17) is 14.7 Å². The number of halogens is 2. The number of phenolic OH excluding ortho intramolecular Hbond substituents is 1. The molecule has 0 unspecified atom stereocenters. The molecule has 0 bridgehead atoms. The maximum absolute atomic E-state index is 15.1. The van der Waals surface area contributed by atoms with E-state index in [0.29, 0.717) is 69.9 Å². The zero-order chi connectivity index (χ0) is 35.3.